The quantitative estimate of drug-likeness (QED) is 0.141. The molecule has 0 N–H and O–H groups in total. The van der Waals surface area contributed by atoms with Crippen LogP contribution in [0.5, 0.6) is 0 Å². The Balaban J connectivity index is 1.76. The van der Waals surface area contributed by atoms with Crippen molar-refractivity contribution >= 4 is 29.2 Å². The highest BCUT2D eigenvalue weighted by molar-refractivity contribution is 6.33. The molecule has 0 aliphatic rings. The van der Waals surface area contributed by atoms with E-state index in [1.165, 1.54) is 18.2 Å². The number of nitro groups is 1. The molecule has 0 aliphatic carbocycles. The highest BCUT2D eigenvalue weighted by atomic mass is 35.5. The van der Waals surface area contributed by atoms with Crippen LogP contribution in [0.2, 0.25) is 5.02 Å². The predicted octanol–water partition coefficient (Wildman–Crippen LogP) is 8.12. The second-order valence-electron chi connectivity index (χ2n) is 7.89. The first-order valence-electron chi connectivity index (χ1n) is 11.0. The average molecular weight is 478 g/mol. The van der Waals surface area contributed by atoms with Crippen LogP contribution in [-0.4, -0.2) is 15.7 Å². The van der Waals surface area contributed by atoms with E-state index in [2.05, 4.69) is 52.0 Å². The van der Waals surface area contributed by atoms with Gasteiger partial charge in [-0.05, 0) is 35.4 Å². The summed E-state index contributed by atoms with van der Waals surface area (Å²) in [7, 11) is 0. The summed E-state index contributed by atoms with van der Waals surface area (Å²) < 4.78 is 2.21. The Labute approximate surface area is 207 Å². The van der Waals surface area contributed by atoms with Gasteiger partial charge in [-0.2, -0.15) is 0 Å². The molecule has 0 fully saturated rings. The van der Waals surface area contributed by atoms with Gasteiger partial charge in [-0.15, -0.1) is 0 Å². The highest BCUT2D eigenvalue weighted by Gasteiger charge is 2.18. The van der Waals surface area contributed by atoms with Crippen LogP contribution in [0.25, 0.3) is 28.2 Å². The molecule has 5 nitrogen and oxygen atoms in total. The number of aromatic nitrogens is 1. The van der Waals surface area contributed by atoms with E-state index >= 15 is 0 Å². The fraction of sp³-hybridized carbons (Fsp3) is 0. The van der Waals surface area contributed by atoms with E-state index in [1.54, 1.807) is 6.21 Å². The molecule has 1 aromatic heterocycles. The molecule has 0 radical (unpaired) electrons. The largest absolute Gasteiger partial charge is 0.309 e. The summed E-state index contributed by atoms with van der Waals surface area (Å²) in [6.45, 7) is 0. The summed E-state index contributed by atoms with van der Waals surface area (Å²) in [6.07, 6.45) is 1.72. The van der Waals surface area contributed by atoms with Gasteiger partial charge in [0.1, 0.15) is 0 Å². The molecule has 4 aromatic carbocycles. The maximum Gasteiger partial charge on any atom is 0.271 e. The van der Waals surface area contributed by atoms with Gasteiger partial charge in [0.2, 0.25) is 0 Å². The van der Waals surface area contributed by atoms with Gasteiger partial charge in [0.05, 0.1) is 27.0 Å². The minimum atomic E-state index is -0.454. The molecule has 0 saturated heterocycles. The molecule has 0 saturated carbocycles. The predicted molar refractivity (Wildman–Crippen MR) is 142 cm³/mol. The first kappa shape index (κ1) is 22.3. The van der Waals surface area contributed by atoms with Gasteiger partial charge < -0.3 is 4.57 Å². The van der Waals surface area contributed by atoms with E-state index < -0.39 is 4.92 Å². The Morgan fingerprint density at radius 1 is 0.771 bits per heavy atom. The molecule has 6 heteroatoms. The standard InChI is InChI=1S/C29H20ClN3O2/c30-26-17-16-25(33(34)35)19-27(26)31-20-23-18-28(21-10-4-1-5-11-21)32(24-14-8-3-9-15-24)29(23)22-12-6-2-7-13-22/h1-20H. The first-order chi connectivity index (χ1) is 17.1. The molecular formula is C29H20ClN3O2. The van der Waals surface area contributed by atoms with Crippen LogP contribution < -0.4 is 0 Å². The number of nitrogens with zero attached hydrogens (tertiary/aromatic N) is 3. The maximum atomic E-state index is 11.2. The van der Waals surface area contributed by atoms with Gasteiger partial charge in [0.25, 0.3) is 5.69 Å². The van der Waals surface area contributed by atoms with Gasteiger partial charge >= 0.3 is 0 Å². The van der Waals surface area contributed by atoms with E-state index in [0.29, 0.717) is 10.7 Å². The average Bonchev–Trinajstić information content (AvgIpc) is 3.29. The molecule has 5 rings (SSSR count). The molecule has 0 atom stereocenters. The molecule has 0 spiro atoms. The minimum absolute atomic E-state index is 0.0586. The van der Waals surface area contributed by atoms with E-state index in [-0.39, 0.29) is 5.69 Å². The van der Waals surface area contributed by atoms with Crippen LogP contribution in [0.4, 0.5) is 11.4 Å². The summed E-state index contributed by atoms with van der Waals surface area (Å²) >= 11 is 6.31. The SMILES string of the molecule is O=[N+]([O-])c1ccc(Cl)c(N=Cc2cc(-c3ccccc3)n(-c3ccccc3)c2-c2ccccc2)c1. The third-order valence-corrected chi connectivity index (χ3v) is 5.96. The lowest BCUT2D eigenvalue weighted by Gasteiger charge is -2.15. The number of non-ortho nitro benzene ring substituents is 1. The van der Waals surface area contributed by atoms with Crippen molar-refractivity contribution in [3.8, 4) is 28.2 Å². The molecule has 170 valence electrons. The van der Waals surface area contributed by atoms with Crippen LogP contribution in [0.1, 0.15) is 5.56 Å². The summed E-state index contributed by atoms with van der Waals surface area (Å²) in [5, 5.41) is 11.6. The maximum absolute atomic E-state index is 11.2. The lowest BCUT2D eigenvalue weighted by Crippen LogP contribution is -2.00. The van der Waals surface area contributed by atoms with Crippen molar-refractivity contribution in [2.75, 3.05) is 0 Å². The van der Waals surface area contributed by atoms with Crippen LogP contribution >= 0.6 is 11.6 Å². The Morgan fingerprint density at radius 3 is 2.00 bits per heavy atom. The number of benzene rings is 4. The van der Waals surface area contributed by atoms with Gasteiger partial charge in [-0.3, -0.25) is 15.1 Å². The molecular weight excluding hydrogens is 458 g/mol. The Hall–Kier alpha value is -4.48. The van der Waals surface area contributed by atoms with Crippen molar-refractivity contribution in [3.05, 3.63) is 136 Å². The van der Waals surface area contributed by atoms with Crippen molar-refractivity contribution in [2.45, 2.75) is 0 Å². The van der Waals surface area contributed by atoms with Crippen LogP contribution in [0, 0.1) is 10.1 Å². The first-order valence-corrected chi connectivity index (χ1v) is 11.4. The molecule has 0 unspecified atom stereocenters. The smallest absolute Gasteiger partial charge is 0.271 e. The van der Waals surface area contributed by atoms with Crippen LogP contribution in [0.15, 0.2) is 120 Å². The van der Waals surface area contributed by atoms with Crippen molar-refractivity contribution in [3.63, 3.8) is 0 Å². The van der Waals surface area contributed by atoms with Gasteiger partial charge in [-0.25, -0.2) is 0 Å². The molecule has 5 aromatic rings. The van der Waals surface area contributed by atoms with E-state index in [0.717, 1.165) is 33.8 Å². The van der Waals surface area contributed by atoms with Crippen molar-refractivity contribution in [1.82, 2.24) is 4.57 Å². The zero-order valence-corrected chi connectivity index (χ0v) is 19.3. The summed E-state index contributed by atoms with van der Waals surface area (Å²) in [5.74, 6) is 0. The number of aliphatic imine (C=N–C) groups is 1. The number of rotatable bonds is 6. The Morgan fingerprint density at radius 2 is 1.37 bits per heavy atom. The number of hydrogen-bond acceptors (Lipinski definition) is 3. The monoisotopic (exact) mass is 477 g/mol. The number of halogens is 1. The third-order valence-electron chi connectivity index (χ3n) is 5.64. The number of hydrogen-bond donors (Lipinski definition) is 0. The summed E-state index contributed by atoms with van der Waals surface area (Å²) in [4.78, 5) is 15.4. The number of nitro benzene ring substituents is 1. The molecule has 1 heterocycles. The van der Waals surface area contributed by atoms with Gasteiger partial charge in [0.15, 0.2) is 0 Å². The van der Waals surface area contributed by atoms with Gasteiger partial charge in [-0.1, -0.05) is 90.5 Å². The second-order valence-corrected chi connectivity index (χ2v) is 8.29. The van der Waals surface area contributed by atoms with E-state index in [4.69, 9.17) is 11.6 Å². The van der Waals surface area contributed by atoms with Crippen molar-refractivity contribution < 1.29 is 4.92 Å². The lowest BCUT2D eigenvalue weighted by atomic mass is 10.1. The molecule has 0 aliphatic heterocycles. The fourth-order valence-corrected chi connectivity index (χ4v) is 4.21. The van der Waals surface area contributed by atoms with E-state index in [1.807, 2.05) is 54.6 Å². The second kappa shape index (κ2) is 9.79. The minimum Gasteiger partial charge on any atom is -0.309 e. The van der Waals surface area contributed by atoms with Crippen LogP contribution in [0.3, 0.4) is 0 Å². The molecule has 0 bridgehead atoms. The summed E-state index contributed by atoms with van der Waals surface area (Å²) in [6, 6.07) is 36.7. The summed E-state index contributed by atoms with van der Waals surface area (Å²) in [5.41, 5.74) is 6.19. The normalized spacial score (nSPS) is 11.1. The van der Waals surface area contributed by atoms with Crippen molar-refractivity contribution in [1.29, 1.82) is 0 Å². The van der Waals surface area contributed by atoms with Crippen molar-refractivity contribution in [2.24, 2.45) is 4.99 Å². The van der Waals surface area contributed by atoms with Gasteiger partial charge in [0, 0.05) is 29.6 Å². The fourth-order valence-electron chi connectivity index (χ4n) is 4.04. The molecule has 35 heavy (non-hydrogen) atoms. The number of para-hydroxylation sites is 1. The highest BCUT2D eigenvalue weighted by Crippen LogP contribution is 2.36. The molecule has 0 amide bonds. The lowest BCUT2D eigenvalue weighted by molar-refractivity contribution is -0.384. The third kappa shape index (κ3) is 4.63. The zero-order valence-electron chi connectivity index (χ0n) is 18.6. The topological polar surface area (TPSA) is 60.4 Å². The van der Waals surface area contributed by atoms with E-state index in [9.17, 15) is 10.1 Å². The Kier molecular flexibility index (Phi) is 6.24. The Bertz CT molecular complexity index is 1510. The zero-order chi connectivity index (χ0) is 24.2. The van der Waals surface area contributed by atoms with Crippen LogP contribution in [-0.2, 0) is 0 Å².